The zero-order chi connectivity index (χ0) is 11.0. The molecular formula is C9H7Cl2NO2S. The Morgan fingerprint density at radius 3 is 2.80 bits per heavy atom. The van der Waals surface area contributed by atoms with Crippen molar-refractivity contribution in [3.8, 4) is 5.75 Å². The zero-order valence-corrected chi connectivity index (χ0v) is 10.0. The van der Waals surface area contributed by atoms with Crippen LogP contribution in [-0.4, -0.2) is 16.3 Å². The summed E-state index contributed by atoms with van der Waals surface area (Å²) >= 11 is 5.94. The molecule has 15 heavy (non-hydrogen) atoms. The molecule has 1 unspecified atom stereocenters. The Hall–Kier alpha value is -0.710. The fourth-order valence-corrected chi connectivity index (χ4v) is 2.57. The van der Waals surface area contributed by atoms with Crippen molar-refractivity contribution in [2.24, 2.45) is 0 Å². The molecule has 2 rings (SSSR count). The summed E-state index contributed by atoms with van der Waals surface area (Å²) in [6.07, 6.45) is 1.59. The van der Waals surface area contributed by atoms with Crippen molar-refractivity contribution in [3.63, 3.8) is 0 Å². The van der Waals surface area contributed by atoms with Gasteiger partial charge in [-0.2, -0.15) is 0 Å². The van der Waals surface area contributed by atoms with Crippen molar-refractivity contribution in [2.45, 2.75) is 4.90 Å². The highest BCUT2D eigenvalue weighted by molar-refractivity contribution is 8.08. The second-order valence-electron chi connectivity index (χ2n) is 2.88. The van der Waals surface area contributed by atoms with Crippen LogP contribution < -0.4 is 4.74 Å². The minimum atomic E-state index is -1.55. The summed E-state index contributed by atoms with van der Waals surface area (Å²) in [4.78, 5) is 3.47. The first-order chi connectivity index (χ1) is 7.15. The molecule has 80 valence electrons. The molecule has 0 saturated carbocycles. The van der Waals surface area contributed by atoms with Gasteiger partial charge in [-0.05, 0) is 22.8 Å². The van der Waals surface area contributed by atoms with Gasteiger partial charge in [0.15, 0.2) is 5.75 Å². The maximum Gasteiger partial charge on any atom is 0.161 e. The maximum atomic E-state index is 11.2. The lowest BCUT2D eigenvalue weighted by Crippen LogP contribution is -1.86. The number of ether oxygens (including phenoxy) is 1. The van der Waals surface area contributed by atoms with Crippen molar-refractivity contribution in [3.05, 3.63) is 23.4 Å². The van der Waals surface area contributed by atoms with Crippen molar-refractivity contribution in [1.82, 2.24) is 4.98 Å². The van der Waals surface area contributed by atoms with E-state index in [2.05, 4.69) is 4.98 Å². The van der Waals surface area contributed by atoms with E-state index in [-0.39, 0.29) is 0 Å². The third-order valence-corrected chi connectivity index (χ3v) is 3.58. The third kappa shape index (κ3) is 1.73. The molecule has 0 aliphatic carbocycles. The second-order valence-corrected chi connectivity index (χ2v) is 5.01. The Morgan fingerprint density at radius 1 is 1.47 bits per heavy atom. The summed E-state index contributed by atoms with van der Waals surface area (Å²) in [5.41, 5.74) is 0.703. The predicted molar refractivity (Wildman–Crippen MR) is 62.1 cm³/mol. The van der Waals surface area contributed by atoms with E-state index in [1.54, 1.807) is 18.3 Å². The number of aromatic amines is 1. The molecule has 0 saturated heterocycles. The highest BCUT2D eigenvalue weighted by Gasteiger charge is 2.13. The number of methoxy groups -OCH3 is 1. The van der Waals surface area contributed by atoms with Gasteiger partial charge in [0, 0.05) is 11.6 Å². The monoisotopic (exact) mass is 263 g/mol. The quantitative estimate of drug-likeness (QED) is 0.847. The second kappa shape index (κ2) is 4.04. The molecule has 1 N–H and O–H groups in total. The molecular weight excluding hydrogens is 257 g/mol. The third-order valence-electron chi connectivity index (χ3n) is 2.10. The van der Waals surface area contributed by atoms with Crippen LogP contribution in [0.1, 0.15) is 0 Å². The van der Waals surface area contributed by atoms with Gasteiger partial charge >= 0.3 is 0 Å². The van der Waals surface area contributed by atoms with Gasteiger partial charge in [0.1, 0.15) is 10.0 Å². The van der Waals surface area contributed by atoms with E-state index in [0.717, 1.165) is 5.39 Å². The topological polar surface area (TPSA) is 42.1 Å². The van der Waals surface area contributed by atoms with E-state index in [1.807, 2.05) is 0 Å². The summed E-state index contributed by atoms with van der Waals surface area (Å²) in [5.74, 6) is 0.530. The van der Waals surface area contributed by atoms with Crippen LogP contribution in [0.4, 0.5) is 0 Å². The summed E-state index contributed by atoms with van der Waals surface area (Å²) in [6, 6.07) is 3.44. The fourth-order valence-electron chi connectivity index (χ4n) is 1.45. The minimum absolute atomic E-state index is 0.499. The molecule has 6 heteroatoms. The molecule has 0 fully saturated rings. The van der Waals surface area contributed by atoms with Crippen LogP contribution in [0.15, 0.2) is 23.2 Å². The lowest BCUT2D eigenvalue weighted by Gasteiger charge is -2.03. The average molecular weight is 264 g/mol. The highest BCUT2D eigenvalue weighted by atomic mass is 35.7. The largest absolute Gasteiger partial charge is 0.493 e. The number of rotatable bonds is 2. The maximum absolute atomic E-state index is 11.2. The molecule has 2 aromatic rings. The van der Waals surface area contributed by atoms with Gasteiger partial charge < -0.3 is 9.72 Å². The van der Waals surface area contributed by atoms with Crippen LogP contribution in [0, 0.1) is 0 Å². The molecule has 1 aromatic carbocycles. The van der Waals surface area contributed by atoms with E-state index in [4.69, 9.17) is 27.0 Å². The zero-order valence-electron chi connectivity index (χ0n) is 7.71. The molecule has 1 atom stereocenters. The van der Waals surface area contributed by atoms with Crippen LogP contribution >= 0.6 is 22.3 Å². The first-order valence-electron chi connectivity index (χ1n) is 4.06. The number of halogens is 2. The molecule has 0 bridgehead atoms. The number of H-pyrrole nitrogens is 1. The average Bonchev–Trinajstić information content (AvgIpc) is 2.61. The van der Waals surface area contributed by atoms with E-state index in [0.29, 0.717) is 21.2 Å². The minimum Gasteiger partial charge on any atom is -0.493 e. The van der Waals surface area contributed by atoms with Crippen LogP contribution in [0.5, 0.6) is 5.75 Å². The standard InChI is InChI=1S/C9H7Cl2NO2S/c1-14-9-6(10)3-2-5-7(15(11)13)4-12-8(5)9/h2-4,12H,1H3. The van der Waals surface area contributed by atoms with Crippen molar-refractivity contribution < 1.29 is 8.95 Å². The predicted octanol–water partition coefficient (Wildman–Crippen LogP) is 3.09. The Balaban J connectivity index is 2.80. The number of aromatic nitrogens is 1. The fraction of sp³-hybridized carbons (Fsp3) is 0.111. The van der Waals surface area contributed by atoms with Gasteiger partial charge in [0.05, 0.1) is 22.5 Å². The molecule has 1 aromatic heterocycles. The van der Waals surface area contributed by atoms with Crippen molar-refractivity contribution in [2.75, 3.05) is 7.11 Å². The number of hydrogen-bond acceptors (Lipinski definition) is 2. The van der Waals surface area contributed by atoms with E-state index in [1.165, 1.54) is 7.11 Å². The lowest BCUT2D eigenvalue weighted by atomic mass is 10.2. The van der Waals surface area contributed by atoms with E-state index >= 15 is 0 Å². The van der Waals surface area contributed by atoms with Gasteiger partial charge in [-0.3, -0.25) is 0 Å². The number of benzene rings is 1. The molecule has 0 aliphatic rings. The lowest BCUT2D eigenvalue weighted by molar-refractivity contribution is 0.419. The molecule has 0 aliphatic heterocycles. The van der Waals surface area contributed by atoms with Gasteiger partial charge in [-0.25, -0.2) is 4.21 Å². The van der Waals surface area contributed by atoms with E-state index < -0.39 is 10.0 Å². The smallest absolute Gasteiger partial charge is 0.161 e. The normalized spacial score (nSPS) is 13.0. The molecule has 0 spiro atoms. The molecule has 0 amide bonds. The molecule has 0 radical (unpaired) electrons. The van der Waals surface area contributed by atoms with Gasteiger partial charge in [-0.1, -0.05) is 11.6 Å². The van der Waals surface area contributed by atoms with E-state index in [9.17, 15) is 4.21 Å². The van der Waals surface area contributed by atoms with Crippen LogP contribution in [0.25, 0.3) is 10.9 Å². The van der Waals surface area contributed by atoms with Gasteiger partial charge in [0.2, 0.25) is 0 Å². The van der Waals surface area contributed by atoms with Crippen LogP contribution in [0.2, 0.25) is 5.02 Å². The number of nitrogens with one attached hydrogen (secondary N) is 1. The summed E-state index contributed by atoms with van der Waals surface area (Å²) in [5, 5.41) is 1.25. The summed E-state index contributed by atoms with van der Waals surface area (Å²) < 4.78 is 16.3. The number of hydrogen-bond donors (Lipinski definition) is 1. The Bertz CT molecular complexity index is 538. The highest BCUT2D eigenvalue weighted by Crippen LogP contribution is 2.35. The van der Waals surface area contributed by atoms with Crippen molar-refractivity contribution in [1.29, 1.82) is 0 Å². The first-order valence-corrected chi connectivity index (χ1v) is 6.42. The Labute approximate surface area is 98.3 Å². The Morgan fingerprint density at radius 2 is 2.20 bits per heavy atom. The van der Waals surface area contributed by atoms with Crippen LogP contribution in [-0.2, 0) is 10.0 Å². The summed E-state index contributed by atoms with van der Waals surface area (Å²) in [7, 11) is 5.52. The molecule has 3 nitrogen and oxygen atoms in total. The SMILES string of the molecule is COc1c(Cl)ccc2c(S(=O)Cl)c[nH]c12. The summed E-state index contributed by atoms with van der Waals surface area (Å²) in [6.45, 7) is 0. The number of fused-ring (bicyclic) bond motifs is 1. The molecule has 1 heterocycles. The Kier molecular flexibility index (Phi) is 2.91. The van der Waals surface area contributed by atoms with Crippen LogP contribution in [0.3, 0.4) is 0 Å². The first kappa shape index (κ1) is 10.8. The van der Waals surface area contributed by atoms with Gasteiger partial charge in [0.25, 0.3) is 0 Å². The van der Waals surface area contributed by atoms with Crippen molar-refractivity contribution >= 4 is 43.2 Å². The van der Waals surface area contributed by atoms with Gasteiger partial charge in [-0.15, -0.1) is 0 Å².